The summed E-state index contributed by atoms with van der Waals surface area (Å²) >= 11 is 6.28. The molecule has 1 aromatic heterocycles. The van der Waals surface area contributed by atoms with E-state index in [9.17, 15) is 18.0 Å². The van der Waals surface area contributed by atoms with Gasteiger partial charge in [0, 0.05) is 24.2 Å². The Morgan fingerprint density at radius 1 is 1.24 bits per heavy atom. The number of ether oxygens (including phenoxy) is 1. The van der Waals surface area contributed by atoms with Gasteiger partial charge in [-0.05, 0) is 30.0 Å². The molecule has 1 aliphatic carbocycles. The molecule has 2 aromatic rings. The van der Waals surface area contributed by atoms with Crippen LogP contribution in [0.2, 0.25) is 5.02 Å². The Morgan fingerprint density at radius 3 is 2.61 bits per heavy atom. The molecule has 4 rings (SSSR count). The van der Waals surface area contributed by atoms with Gasteiger partial charge in [-0.2, -0.15) is 0 Å². The highest BCUT2D eigenvalue weighted by Gasteiger charge is 2.29. The van der Waals surface area contributed by atoms with Crippen LogP contribution in [0.4, 0.5) is 5.82 Å². The zero-order chi connectivity index (χ0) is 23.6. The summed E-state index contributed by atoms with van der Waals surface area (Å²) in [6.45, 7) is 0. The third-order valence-corrected chi connectivity index (χ3v) is 7.61. The van der Waals surface area contributed by atoms with E-state index in [0.29, 0.717) is 29.2 Å². The van der Waals surface area contributed by atoms with E-state index < -0.39 is 21.7 Å². The number of esters is 1. The summed E-state index contributed by atoms with van der Waals surface area (Å²) in [5.41, 5.74) is 1.55. The Labute approximate surface area is 197 Å². The molecule has 1 saturated carbocycles. The summed E-state index contributed by atoms with van der Waals surface area (Å²) in [5, 5.41) is 2.95. The van der Waals surface area contributed by atoms with Crippen molar-refractivity contribution in [3.05, 3.63) is 53.1 Å². The van der Waals surface area contributed by atoms with Crippen LogP contribution >= 0.6 is 11.6 Å². The second-order valence-electron chi connectivity index (χ2n) is 8.45. The number of cyclic esters (lactones) is 1. The van der Waals surface area contributed by atoms with E-state index in [-0.39, 0.29) is 28.1 Å². The zero-order valence-corrected chi connectivity index (χ0v) is 19.7. The molecule has 2 aliphatic rings. The van der Waals surface area contributed by atoms with Crippen molar-refractivity contribution in [2.45, 2.75) is 49.3 Å². The van der Waals surface area contributed by atoms with Gasteiger partial charge in [-0.1, -0.05) is 43.4 Å². The molecule has 1 N–H and O–H groups in total. The number of benzene rings is 1. The van der Waals surface area contributed by atoms with Gasteiger partial charge in [0.05, 0.1) is 22.3 Å². The number of carbonyl (C=O) groups excluding carboxylic acids is 2. The monoisotopic (exact) mass is 489 g/mol. The molecule has 33 heavy (non-hydrogen) atoms. The number of nitrogens with zero attached hydrogens (tertiary/aromatic N) is 2. The van der Waals surface area contributed by atoms with E-state index in [1.54, 1.807) is 12.1 Å². The van der Waals surface area contributed by atoms with Crippen LogP contribution in [-0.2, 0) is 24.2 Å². The largest absolute Gasteiger partial charge is 0.434 e. The number of hydrogen-bond acceptors (Lipinski definition) is 7. The summed E-state index contributed by atoms with van der Waals surface area (Å²) in [4.78, 5) is 33.5. The predicted octanol–water partition coefficient (Wildman–Crippen LogP) is 4.12. The van der Waals surface area contributed by atoms with Crippen molar-refractivity contribution in [2.75, 3.05) is 11.6 Å². The van der Waals surface area contributed by atoms with Crippen LogP contribution in [0.25, 0.3) is 5.57 Å². The molecule has 0 unspecified atom stereocenters. The van der Waals surface area contributed by atoms with Crippen molar-refractivity contribution in [1.82, 2.24) is 9.97 Å². The van der Waals surface area contributed by atoms with Gasteiger partial charge in [0.15, 0.2) is 15.7 Å². The van der Waals surface area contributed by atoms with Crippen molar-refractivity contribution in [1.29, 1.82) is 0 Å². The van der Waals surface area contributed by atoms with E-state index >= 15 is 0 Å². The molecule has 1 aromatic carbocycles. The summed E-state index contributed by atoms with van der Waals surface area (Å²) in [5.74, 6) is -0.615. The molecule has 1 aliphatic heterocycles. The molecular weight excluding hydrogens is 466 g/mol. The summed E-state index contributed by atoms with van der Waals surface area (Å²) in [6.07, 6.45) is 10.4. The molecule has 10 heteroatoms. The minimum absolute atomic E-state index is 0.0296. The number of rotatable bonds is 7. The standard InChI is InChI=1S/C23H24ClN3O5S/c1-33(30,31)19-7-6-15(11-18(19)24)17(10-14-4-2-3-5-14)23(29)27-22-21(25-8-9-26-22)16-12-20(28)32-13-16/h6-9,11,13-14,17H,2-5,10,12H2,1H3,(H,26,27,29)/t17-/m1/s1. The highest BCUT2D eigenvalue weighted by atomic mass is 35.5. The van der Waals surface area contributed by atoms with Crippen LogP contribution in [0.3, 0.4) is 0 Å². The zero-order valence-electron chi connectivity index (χ0n) is 18.1. The number of carbonyl (C=O) groups is 2. The average Bonchev–Trinajstić information content (AvgIpc) is 3.43. The Kier molecular flexibility index (Phi) is 6.81. The van der Waals surface area contributed by atoms with Crippen LogP contribution in [0.15, 0.2) is 41.8 Å². The lowest BCUT2D eigenvalue weighted by Gasteiger charge is -2.21. The lowest BCUT2D eigenvalue weighted by Crippen LogP contribution is -2.24. The van der Waals surface area contributed by atoms with Gasteiger partial charge in [0.2, 0.25) is 5.91 Å². The summed E-state index contributed by atoms with van der Waals surface area (Å²) in [7, 11) is -3.48. The second kappa shape index (κ2) is 9.61. The molecule has 0 bridgehead atoms. The molecule has 0 spiro atoms. The fourth-order valence-electron chi connectivity index (χ4n) is 4.39. The van der Waals surface area contributed by atoms with Gasteiger partial charge in [0.1, 0.15) is 12.0 Å². The Balaban J connectivity index is 1.64. The van der Waals surface area contributed by atoms with Gasteiger partial charge >= 0.3 is 5.97 Å². The highest BCUT2D eigenvalue weighted by Crippen LogP contribution is 2.37. The van der Waals surface area contributed by atoms with E-state index in [1.165, 1.54) is 24.7 Å². The first kappa shape index (κ1) is 23.4. The number of hydrogen-bond donors (Lipinski definition) is 1. The van der Waals surface area contributed by atoms with Crippen molar-refractivity contribution >= 4 is 44.7 Å². The summed E-state index contributed by atoms with van der Waals surface area (Å²) < 4.78 is 28.8. The maximum absolute atomic E-state index is 13.5. The molecule has 8 nitrogen and oxygen atoms in total. The minimum Gasteiger partial charge on any atom is -0.434 e. The Morgan fingerprint density at radius 2 is 1.97 bits per heavy atom. The molecule has 1 amide bonds. The van der Waals surface area contributed by atoms with Gasteiger partial charge in [-0.3, -0.25) is 14.6 Å². The number of sulfone groups is 1. The van der Waals surface area contributed by atoms with Gasteiger partial charge in [0.25, 0.3) is 0 Å². The smallest absolute Gasteiger partial charge is 0.315 e. The van der Waals surface area contributed by atoms with E-state index in [1.807, 2.05) is 0 Å². The third kappa shape index (κ3) is 5.42. The third-order valence-electron chi connectivity index (χ3n) is 6.03. The van der Waals surface area contributed by atoms with E-state index in [2.05, 4.69) is 15.3 Å². The van der Waals surface area contributed by atoms with Crippen molar-refractivity contribution in [2.24, 2.45) is 5.92 Å². The SMILES string of the molecule is CS(=O)(=O)c1ccc([C@@H](CC2CCCC2)C(=O)Nc2nccnc2C2=COC(=O)C2)cc1Cl. The molecule has 2 heterocycles. The van der Waals surface area contributed by atoms with Gasteiger partial charge in [-0.15, -0.1) is 0 Å². The molecule has 174 valence electrons. The molecule has 1 atom stereocenters. The fraction of sp³-hybridized carbons (Fsp3) is 0.391. The fourth-order valence-corrected chi connectivity index (χ4v) is 5.73. The number of halogens is 1. The predicted molar refractivity (Wildman–Crippen MR) is 123 cm³/mol. The van der Waals surface area contributed by atoms with Crippen LogP contribution in [-0.4, -0.2) is 36.5 Å². The molecule has 0 saturated heterocycles. The lowest BCUT2D eigenvalue weighted by atomic mass is 9.87. The average molecular weight is 490 g/mol. The normalized spacial score (nSPS) is 17.5. The first-order chi connectivity index (χ1) is 15.7. The topological polar surface area (TPSA) is 115 Å². The van der Waals surface area contributed by atoms with Gasteiger partial charge < -0.3 is 10.1 Å². The minimum atomic E-state index is -3.48. The number of aromatic nitrogens is 2. The highest BCUT2D eigenvalue weighted by molar-refractivity contribution is 7.90. The maximum Gasteiger partial charge on any atom is 0.315 e. The Bertz CT molecular complexity index is 1220. The van der Waals surface area contributed by atoms with E-state index in [0.717, 1.165) is 31.9 Å². The molecule has 1 fully saturated rings. The molecular formula is C23H24ClN3O5S. The van der Waals surface area contributed by atoms with Crippen LogP contribution in [0.1, 0.15) is 55.7 Å². The maximum atomic E-state index is 13.5. The number of amides is 1. The molecule has 0 radical (unpaired) electrons. The van der Waals surface area contributed by atoms with Crippen molar-refractivity contribution in [3.63, 3.8) is 0 Å². The van der Waals surface area contributed by atoms with Gasteiger partial charge in [-0.25, -0.2) is 13.4 Å². The number of nitrogens with one attached hydrogen (secondary N) is 1. The first-order valence-corrected chi connectivity index (χ1v) is 13.0. The number of anilines is 1. The van der Waals surface area contributed by atoms with Crippen LogP contribution in [0.5, 0.6) is 0 Å². The quantitative estimate of drug-likeness (QED) is 0.581. The van der Waals surface area contributed by atoms with Crippen molar-refractivity contribution in [3.8, 4) is 0 Å². The summed E-state index contributed by atoms with van der Waals surface area (Å²) in [6, 6.07) is 4.65. The second-order valence-corrected chi connectivity index (χ2v) is 10.8. The van der Waals surface area contributed by atoms with Crippen molar-refractivity contribution < 1.29 is 22.7 Å². The lowest BCUT2D eigenvalue weighted by molar-refractivity contribution is -0.135. The van der Waals surface area contributed by atoms with Crippen LogP contribution < -0.4 is 5.32 Å². The van der Waals surface area contributed by atoms with E-state index in [4.69, 9.17) is 16.3 Å². The first-order valence-electron chi connectivity index (χ1n) is 10.7. The Hall–Kier alpha value is -2.78. The van der Waals surface area contributed by atoms with Crippen LogP contribution in [0, 0.1) is 5.92 Å².